The predicted octanol–water partition coefficient (Wildman–Crippen LogP) is 4.26. The Labute approximate surface area is 185 Å². The normalized spacial score (nSPS) is 16.5. The summed E-state index contributed by atoms with van der Waals surface area (Å²) in [5, 5.41) is 12.9. The van der Waals surface area contributed by atoms with Crippen LogP contribution in [0.5, 0.6) is 0 Å². The number of aromatic nitrogens is 4. The third-order valence-electron chi connectivity index (χ3n) is 6.15. The zero-order valence-electron chi connectivity index (χ0n) is 19.6. The molecule has 0 spiro atoms. The molecule has 2 aromatic carbocycles. The Hall–Kier alpha value is -2.73. The van der Waals surface area contributed by atoms with E-state index in [1.807, 2.05) is 4.68 Å². The molecule has 1 unspecified atom stereocenters. The molecule has 6 nitrogen and oxygen atoms in total. The number of tetrazole rings is 1. The molecule has 2 heterocycles. The lowest BCUT2D eigenvalue weighted by atomic mass is 10.00. The van der Waals surface area contributed by atoms with Crippen LogP contribution in [0.2, 0.25) is 0 Å². The molecule has 6 heteroatoms. The van der Waals surface area contributed by atoms with E-state index in [9.17, 15) is 0 Å². The molecule has 31 heavy (non-hydrogen) atoms. The molecule has 164 valence electrons. The highest BCUT2D eigenvalue weighted by Crippen LogP contribution is 2.32. The highest BCUT2D eigenvalue weighted by Gasteiger charge is 2.33. The summed E-state index contributed by atoms with van der Waals surface area (Å²) in [4.78, 5) is 5.04. The van der Waals surface area contributed by atoms with Crippen LogP contribution in [0, 0.1) is 20.8 Å². The maximum atomic E-state index is 4.51. The van der Waals surface area contributed by atoms with E-state index in [0.29, 0.717) is 0 Å². The molecule has 1 aliphatic heterocycles. The van der Waals surface area contributed by atoms with Crippen LogP contribution in [0.15, 0.2) is 42.5 Å². The molecule has 4 rings (SSSR count). The van der Waals surface area contributed by atoms with E-state index >= 15 is 0 Å². The van der Waals surface area contributed by atoms with E-state index in [0.717, 1.165) is 32.0 Å². The summed E-state index contributed by atoms with van der Waals surface area (Å²) in [7, 11) is 0. The first-order valence-corrected chi connectivity index (χ1v) is 11.2. The largest absolute Gasteiger partial charge is 0.369 e. The van der Waals surface area contributed by atoms with Gasteiger partial charge in [0.25, 0.3) is 0 Å². The average Bonchev–Trinajstić information content (AvgIpc) is 3.22. The molecular weight excluding hydrogens is 384 g/mol. The Morgan fingerprint density at radius 3 is 2.13 bits per heavy atom. The molecule has 1 aromatic heterocycles. The summed E-state index contributed by atoms with van der Waals surface area (Å²) in [6.45, 7) is 16.8. The monoisotopic (exact) mass is 418 g/mol. The Balaban J connectivity index is 1.64. The minimum atomic E-state index is -0.178. The van der Waals surface area contributed by atoms with Gasteiger partial charge in [0.05, 0.1) is 11.6 Å². The lowest BCUT2D eigenvalue weighted by Crippen LogP contribution is -2.49. The van der Waals surface area contributed by atoms with Crippen LogP contribution in [0.3, 0.4) is 0 Å². The average molecular weight is 419 g/mol. The number of hydrogen-bond acceptors (Lipinski definition) is 5. The van der Waals surface area contributed by atoms with Gasteiger partial charge in [-0.1, -0.05) is 42.0 Å². The van der Waals surface area contributed by atoms with Gasteiger partial charge < -0.3 is 4.90 Å². The molecule has 1 fully saturated rings. The summed E-state index contributed by atoms with van der Waals surface area (Å²) in [5.41, 5.74) is 6.33. The predicted molar refractivity (Wildman–Crippen MR) is 126 cm³/mol. The number of anilines is 1. The van der Waals surface area contributed by atoms with E-state index in [-0.39, 0.29) is 11.6 Å². The van der Waals surface area contributed by atoms with Crippen molar-refractivity contribution in [2.75, 3.05) is 31.1 Å². The van der Waals surface area contributed by atoms with E-state index in [1.165, 1.54) is 27.9 Å². The second-order valence-corrected chi connectivity index (χ2v) is 9.75. The Morgan fingerprint density at radius 2 is 1.48 bits per heavy atom. The van der Waals surface area contributed by atoms with Gasteiger partial charge in [-0.2, -0.15) is 0 Å². The van der Waals surface area contributed by atoms with Crippen molar-refractivity contribution >= 4 is 5.69 Å². The second-order valence-electron chi connectivity index (χ2n) is 9.75. The fourth-order valence-electron chi connectivity index (χ4n) is 4.40. The van der Waals surface area contributed by atoms with Crippen molar-refractivity contribution in [3.63, 3.8) is 0 Å². The topological polar surface area (TPSA) is 50.1 Å². The molecule has 0 bridgehead atoms. The lowest BCUT2D eigenvalue weighted by Gasteiger charge is -2.41. The van der Waals surface area contributed by atoms with Crippen LogP contribution in [-0.4, -0.2) is 51.3 Å². The third kappa shape index (κ3) is 4.49. The van der Waals surface area contributed by atoms with Gasteiger partial charge in [0.1, 0.15) is 0 Å². The Kier molecular flexibility index (Phi) is 5.84. The van der Waals surface area contributed by atoms with Gasteiger partial charge in [-0.05, 0) is 74.7 Å². The first-order valence-electron chi connectivity index (χ1n) is 11.2. The summed E-state index contributed by atoms with van der Waals surface area (Å²) < 4.78 is 1.98. The van der Waals surface area contributed by atoms with E-state index in [4.69, 9.17) is 0 Å². The van der Waals surface area contributed by atoms with Gasteiger partial charge in [-0.25, -0.2) is 4.68 Å². The van der Waals surface area contributed by atoms with Crippen LogP contribution < -0.4 is 4.90 Å². The maximum Gasteiger partial charge on any atom is 0.173 e. The minimum Gasteiger partial charge on any atom is -0.369 e. The first kappa shape index (κ1) is 21.5. The van der Waals surface area contributed by atoms with Crippen molar-refractivity contribution in [3.8, 4) is 0 Å². The van der Waals surface area contributed by atoms with Gasteiger partial charge >= 0.3 is 0 Å². The van der Waals surface area contributed by atoms with Crippen molar-refractivity contribution in [1.82, 2.24) is 25.1 Å². The van der Waals surface area contributed by atoms with Gasteiger partial charge in [0.2, 0.25) is 0 Å². The number of benzene rings is 2. The standard InChI is InChI=1S/C25H34N6/c1-18-8-11-21(12-9-18)23(24-26-27-28-31(24)25(4,5)6)30-15-13-29(14-16-30)22-17-19(2)7-10-20(22)3/h7-12,17,23H,13-16H2,1-6H3. The van der Waals surface area contributed by atoms with Crippen molar-refractivity contribution in [2.24, 2.45) is 0 Å². The molecule has 1 atom stereocenters. The number of rotatable bonds is 4. The van der Waals surface area contributed by atoms with Crippen LogP contribution in [0.4, 0.5) is 5.69 Å². The van der Waals surface area contributed by atoms with E-state index in [2.05, 4.69) is 109 Å². The fraction of sp³-hybridized carbons (Fsp3) is 0.480. The summed E-state index contributed by atoms with van der Waals surface area (Å²) in [6.07, 6.45) is 0. The van der Waals surface area contributed by atoms with Crippen molar-refractivity contribution in [2.45, 2.75) is 53.1 Å². The molecule has 1 aliphatic rings. The third-order valence-corrected chi connectivity index (χ3v) is 6.15. The first-order chi connectivity index (χ1) is 14.7. The van der Waals surface area contributed by atoms with Gasteiger partial charge in [0, 0.05) is 31.9 Å². The molecule has 0 N–H and O–H groups in total. The number of aryl methyl sites for hydroxylation is 3. The van der Waals surface area contributed by atoms with Gasteiger partial charge in [-0.3, -0.25) is 4.90 Å². The van der Waals surface area contributed by atoms with Crippen molar-refractivity contribution in [3.05, 3.63) is 70.5 Å². The fourth-order valence-corrected chi connectivity index (χ4v) is 4.40. The molecule has 1 saturated heterocycles. The molecule has 0 saturated carbocycles. The van der Waals surface area contributed by atoms with Crippen molar-refractivity contribution in [1.29, 1.82) is 0 Å². The maximum absolute atomic E-state index is 4.51. The van der Waals surface area contributed by atoms with E-state index < -0.39 is 0 Å². The van der Waals surface area contributed by atoms with Crippen LogP contribution in [0.1, 0.15) is 54.9 Å². The zero-order chi connectivity index (χ0) is 22.2. The SMILES string of the molecule is Cc1ccc(C(c2nnnn2C(C)(C)C)N2CCN(c3cc(C)ccc3C)CC2)cc1. The molecular formula is C25H34N6. The highest BCUT2D eigenvalue weighted by atomic mass is 15.6. The smallest absolute Gasteiger partial charge is 0.173 e. The van der Waals surface area contributed by atoms with Gasteiger partial charge in [0.15, 0.2) is 5.82 Å². The molecule has 0 radical (unpaired) electrons. The number of piperazine rings is 1. The van der Waals surface area contributed by atoms with Crippen LogP contribution in [-0.2, 0) is 5.54 Å². The minimum absolute atomic E-state index is 0.0376. The summed E-state index contributed by atoms with van der Waals surface area (Å²) >= 11 is 0. The number of hydrogen-bond donors (Lipinski definition) is 0. The Morgan fingerprint density at radius 1 is 0.839 bits per heavy atom. The summed E-state index contributed by atoms with van der Waals surface area (Å²) in [5.74, 6) is 0.913. The number of nitrogens with zero attached hydrogens (tertiary/aromatic N) is 6. The molecule has 0 aliphatic carbocycles. The molecule has 0 amide bonds. The van der Waals surface area contributed by atoms with Gasteiger partial charge in [-0.15, -0.1) is 5.10 Å². The quantitative estimate of drug-likeness (QED) is 0.633. The van der Waals surface area contributed by atoms with Crippen molar-refractivity contribution < 1.29 is 0 Å². The zero-order valence-corrected chi connectivity index (χ0v) is 19.6. The second kappa shape index (κ2) is 8.42. The molecule has 3 aromatic rings. The van der Waals surface area contributed by atoms with Crippen LogP contribution in [0.25, 0.3) is 0 Å². The van der Waals surface area contributed by atoms with Crippen LogP contribution >= 0.6 is 0 Å². The van der Waals surface area contributed by atoms with E-state index in [1.54, 1.807) is 0 Å². The lowest BCUT2D eigenvalue weighted by molar-refractivity contribution is 0.191. The summed E-state index contributed by atoms with van der Waals surface area (Å²) in [6, 6.07) is 15.6. The Bertz CT molecular complexity index is 1020. The highest BCUT2D eigenvalue weighted by molar-refractivity contribution is 5.55.